The van der Waals surface area contributed by atoms with Gasteiger partial charge in [-0.25, -0.2) is 9.59 Å². The summed E-state index contributed by atoms with van der Waals surface area (Å²) in [5.74, 6) is 0. The molecule has 0 saturated heterocycles. The van der Waals surface area contributed by atoms with Gasteiger partial charge in [-0.05, 0) is 18.4 Å². The third-order valence-electron chi connectivity index (χ3n) is 3.94. The number of carbonyl (C=O) groups excluding carboxylic acids is 2. The number of rotatable bonds is 8. The lowest BCUT2D eigenvalue weighted by Gasteiger charge is -2.24. The first-order valence-corrected chi connectivity index (χ1v) is 8.75. The summed E-state index contributed by atoms with van der Waals surface area (Å²) in [6.07, 6.45) is 5.64. The molecule has 1 atom stereocenters. The molecule has 1 aromatic rings. The first-order chi connectivity index (χ1) is 12.2. The van der Waals surface area contributed by atoms with Crippen molar-refractivity contribution < 1.29 is 19.1 Å². The Morgan fingerprint density at radius 2 is 2.04 bits per heavy atom. The first-order valence-electron chi connectivity index (χ1n) is 8.75. The molecule has 25 heavy (non-hydrogen) atoms. The number of amides is 2. The van der Waals surface area contributed by atoms with Gasteiger partial charge in [0.05, 0.1) is 12.6 Å². The number of unbranched alkanes of at least 4 members (excludes halogenated alkanes) is 1. The van der Waals surface area contributed by atoms with Crippen LogP contribution in [0.3, 0.4) is 0 Å². The largest absolute Gasteiger partial charge is 0.449 e. The molecule has 1 heterocycles. The Bertz CT molecular complexity index is 574. The van der Waals surface area contributed by atoms with Crippen LogP contribution in [-0.2, 0) is 16.1 Å². The molecule has 0 aromatic heterocycles. The van der Waals surface area contributed by atoms with Crippen molar-refractivity contribution in [2.45, 2.75) is 38.8 Å². The monoisotopic (exact) mass is 346 g/mol. The number of nitrogens with one attached hydrogen (secondary N) is 1. The van der Waals surface area contributed by atoms with Crippen LogP contribution >= 0.6 is 0 Å². The smallest absolute Gasteiger partial charge is 0.410 e. The maximum Gasteiger partial charge on any atom is 0.410 e. The van der Waals surface area contributed by atoms with E-state index < -0.39 is 6.09 Å². The summed E-state index contributed by atoms with van der Waals surface area (Å²) in [7, 11) is 0. The van der Waals surface area contributed by atoms with E-state index in [1.165, 1.54) is 0 Å². The minimum atomic E-state index is -0.456. The summed E-state index contributed by atoms with van der Waals surface area (Å²) < 4.78 is 10.4. The van der Waals surface area contributed by atoms with Gasteiger partial charge in [-0.1, -0.05) is 55.8 Å². The molecular weight excluding hydrogens is 320 g/mol. The molecule has 6 nitrogen and oxygen atoms in total. The van der Waals surface area contributed by atoms with Gasteiger partial charge in [0.1, 0.15) is 6.61 Å². The quantitative estimate of drug-likeness (QED) is 0.578. The van der Waals surface area contributed by atoms with Gasteiger partial charge in [0.25, 0.3) is 0 Å². The molecule has 0 spiro atoms. The highest BCUT2D eigenvalue weighted by atomic mass is 16.6. The van der Waals surface area contributed by atoms with E-state index in [1.54, 1.807) is 4.90 Å². The van der Waals surface area contributed by atoms with Crippen molar-refractivity contribution in [3.8, 4) is 0 Å². The highest BCUT2D eigenvalue weighted by Crippen LogP contribution is 2.14. The van der Waals surface area contributed by atoms with Gasteiger partial charge < -0.3 is 14.8 Å². The molecule has 0 saturated carbocycles. The fraction of sp³-hybridized carbons (Fsp3) is 0.474. The van der Waals surface area contributed by atoms with Crippen LogP contribution in [0.2, 0.25) is 0 Å². The summed E-state index contributed by atoms with van der Waals surface area (Å²) in [4.78, 5) is 25.4. The topological polar surface area (TPSA) is 67.9 Å². The highest BCUT2D eigenvalue weighted by Gasteiger charge is 2.25. The Morgan fingerprint density at radius 3 is 2.80 bits per heavy atom. The minimum Gasteiger partial charge on any atom is -0.449 e. The maximum absolute atomic E-state index is 12.0. The van der Waals surface area contributed by atoms with Crippen molar-refractivity contribution >= 4 is 12.2 Å². The third kappa shape index (κ3) is 6.49. The molecular formula is C19H26N2O4. The molecule has 0 fully saturated rings. The molecule has 6 heteroatoms. The van der Waals surface area contributed by atoms with E-state index in [0.29, 0.717) is 26.1 Å². The van der Waals surface area contributed by atoms with E-state index in [4.69, 9.17) is 9.47 Å². The SMILES string of the molecule is CCCCOC(=O)N1CC=CC1CCNC(=O)OCc1ccccc1. The van der Waals surface area contributed by atoms with Crippen LogP contribution in [0.25, 0.3) is 0 Å². The van der Waals surface area contributed by atoms with Crippen molar-refractivity contribution in [1.82, 2.24) is 10.2 Å². The molecule has 2 rings (SSSR count). The van der Waals surface area contributed by atoms with Crippen LogP contribution in [0.5, 0.6) is 0 Å². The molecule has 1 aliphatic rings. The lowest BCUT2D eigenvalue weighted by Crippen LogP contribution is -2.39. The summed E-state index contributed by atoms with van der Waals surface area (Å²) in [6.45, 7) is 3.72. The lowest BCUT2D eigenvalue weighted by molar-refractivity contribution is 0.0984. The number of hydrogen-bond acceptors (Lipinski definition) is 4. The second-order valence-electron chi connectivity index (χ2n) is 5.89. The fourth-order valence-corrected chi connectivity index (χ4v) is 2.52. The molecule has 1 unspecified atom stereocenters. The Labute approximate surface area is 148 Å². The average Bonchev–Trinajstić information content (AvgIpc) is 3.09. The summed E-state index contributed by atoms with van der Waals surface area (Å²) in [5.41, 5.74) is 0.942. The van der Waals surface area contributed by atoms with Gasteiger partial charge in [0.15, 0.2) is 0 Å². The van der Waals surface area contributed by atoms with Crippen LogP contribution in [-0.4, -0.2) is 42.8 Å². The fourth-order valence-electron chi connectivity index (χ4n) is 2.52. The molecule has 0 aliphatic carbocycles. The summed E-state index contributed by atoms with van der Waals surface area (Å²) in [6, 6.07) is 9.46. The van der Waals surface area contributed by atoms with Gasteiger partial charge in [0.2, 0.25) is 0 Å². The van der Waals surface area contributed by atoms with E-state index in [-0.39, 0.29) is 18.7 Å². The predicted octanol–water partition coefficient (Wildman–Crippen LogP) is 3.48. The second kappa shape index (κ2) is 10.4. The Morgan fingerprint density at radius 1 is 1.24 bits per heavy atom. The average molecular weight is 346 g/mol. The van der Waals surface area contributed by atoms with Crippen molar-refractivity contribution in [3.05, 3.63) is 48.0 Å². The number of carbonyl (C=O) groups is 2. The molecule has 1 aliphatic heterocycles. The van der Waals surface area contributed by atoms with Crippen LogP contribution in [0.15, 0.2) is 42.5 Å². The number of hydrogen-bond donors (Lipinski definition) is 1. The summed E-state index contributed by atoms with van der Waals surface area (Å²) in [5, 5.41) is 2.72. The van der Waals surface area contributed by atoms with Gasteiger partial charge in [-0.2, -0.15) is 0 Å². The zero-order chi connectivity index (χ0) is 17.9. The van der Waals surface area contributed by atoms with Crippen molar-refractivity contribution in [3.63, 3.8) is 0 Å². The summed E-state index contributed by atoms with van der Waals surface area (Å²) >= 11 is 0. The van der Waals surface area contributed by atoms with Crippen LogP contribution in [0, 0.1) is 0 Å². The lowest BCUT2D eigenvalue weighted by atomic mass is 10.2. The maximum atomic E-state index is 12.0. The Kier molecular flexibility index (Phi) is 7.82. The van der Waals surface area contributed by atoms with E-state index in [9.17, 15) is 9.59 Å². The van der Waals surface area contributed by atoms with E-state index in [1.807, 2.05) is 42.5 Å². The zero-order valence-corrected chi connectivity index (χ0v) is 14.6. The molecule has 0 radical (unpaired) electrons. The van der Waals surface area contributed by atoms with E-state index in [0.717, 1.165) is 18.4 Å². The normalized spacial score (nSPS) is 15.9. The number of benzene rings is 1. The van der Waals surface area contributed by atoms with E-state index in [2.05, 4.69) is 12.2 Å². The number of ether oxygens (including phenoxy) is 2. The van der Waals surface area contributed by atoms with Crippen molar-refractivity contribution in [1.29, 1.82) is 0 Å². The van der Waals surface area contributed by atoms with Gasteiger partial charge in [-0.15, -0.1) is 0 Å². The third-order valence-corrected chi connectivity index (χ3v) is 3.94. The minimum absolute atomic E-state index is 0.0523. The number of nitrogens with zero attached hydrogens (tertiary/aromatic N) is 1. The number of alkyl carbamates (subject to hydrolysis) is 1. The van der Waals surface area contributed by atoms with Crippen molar-refractivity contribution in [2.24, 2.45) is 0 Å². The standard InChI is InChI=1S/C19H26N2O4/c1-2-3-14-24-19(23)21-13-7-10-17(21)11-12-20-18(22)25-15-16-8-5-4-6-9-16/h4-10,17H,2-3,11-15H2,1H3,(H,20,22). The molecule has 1 aromatic carbocycles. The predicted molar refractivity (Wildman–Crippen MR) is 95.1 cm³/mol. The molecule has 136 valence electrons. The Hall–Kier alpha value is -2.50. The van der Waals surface area contributed by atoms with E-state index >= 15 is 0 Å². The van der Waals surface area contributed by atoms with Crippen molar-refractivity contribution in [2.75, 3.05) is 19.7 Å². The van der Waals surface area contributed by atoms with Crippen LogP contribution < -0.4 is 5.32 Å². The van der Waals surface area contributed by atoms with Gasteiger partial charge >= 0.3 is 12.2 Å². The first kappa shape index (κ1) is 18.8. The highest BCUT2D eigenvalue weighted by molar-refractivity contribution is 5.69. The molecule has 1 N–H and O–H groups in total. The Balaban J connectivity index is 1.65. The van der Waals surface area contributed by atoms with Gasteiger partial charge in [-0.3, -0.25) is 4.90 Å². The zero-order valence-electron chi connectivity index (χ0n) is 14.6. The molecule has 0 bridgehead atoms. The molecule has 2 amide bonds. The van der Waals surface area contributed by atoms with Crippen LogP contribution in [0.1, 0.15) is 31.7 Å². The van der Waals surface area contributed by atoms with Gasteiger partial charge in [0, 0.05) is 13.1 Å². The second-order valence-corrected chi connectivity index (χ2v) is 5.89. The van der Waals surface area contributed by atoms with Crippen LogP contribution in [0.4, 0.5) is 9.59 Å².